The number of nitrogens with one attached hydrogen (secondary N) is 2. The van der Waals surface area contributed by atoms with E-state index in [0.717, 1.165) is 41.3 Å². The minimum Gasteiger partial charge on any atom is -0.481 e. The van der Waals surface area contributed by atoms with Crippen molar-refractivity contribution in [1.29, 1.82) is 5.41 Å². The van der Waals surface area contributed by atoms with Gasteiger partial charge in [-0.1, -0.05) is 37.3 Å². The third-order valence-electron chi connectivity index (χ3n) is 6.00. The number of carboxylic acids is 1. The number of amidine groups is 1. The summed E-state index contributed by atoms with van der Waals surface area (Å²) in [5.74, 6) is 0.474. The van der Waals surface area contributed by atoms with Gasteiger partial charge in [0.15, 0.2) is 6.79 Å². The Labute approximate surface area is 224 Å². The van der Waals surface area contributed by atoms with E-state index in [-0.39, 0.29) is 24.5 Å². The fourth-order valence-corrected chi connectivity index (χ4v) is 4.25. The van der Waals surface area contributed by atoms with E-state index in [1.54, 1.807) is 18.5 Å². The summed E-state index contributed by atoms with van der Waals surface area (Å²) in [6.07, 6.45) is 4.48. The van der Waals surface area contributed by atoms with Gasteiger partial charge < -0.3 is 20.3 Å². The summed E-state index contributed by atoms with van der Waals surface area (Å²) in [6.45, 7) is 3.86. The van der Waals surface area contributed by atoms with Crippen LogP contribution in [0, 0.1) is 5.41 Å². The van der Waals surface area contributed by atoms with Crippen LogP contribution in [0.25, 0.3) is 5.95 Å². The zero-order chi connectivity index (χ0) is 27.9. The maximum atomic E-state index is 12.8. The average Bonchev–Trinajstić information content (AvgIpc) is 3.32. The Hall–Kier alpha value is -4.84. The summed E-state index contributed by atoms with van der Waals surface area (Å²) >= 11 is 0. The average molecular weight is 532 g/mol. The Morgan fingerprint density at radius 1 is 1.23 bits per heavy atom. The topological polar surface area (TPSA) is 182 Å². The van der Waals surface area contributed by atoms with Crippen LogP contribution in [0.4, 0.5) is 0 Å². The Bertz CT molecular complexity index is 1490. The zero-order valence-corrected chi connectivity index (χ0v) is 21.5. The van der Waals surface area contributed by atoms with Crippen molar-refractivity contribution in [2.45, 2.75) is 39.2 Å². The number of aromatic amines is 1. The van der Waals surface area contributed by atoms with Crippen molar-refractivity contribution in [2.24, 2.45) is 5.73 Å². The number of nitrogens with zero attached hydrogens (tertiary/aromatic N) is 4. The standard InChI is InChI=1S/C25H25N7O3.C2H4O2/c1-2-16-11-18(12-19-13-34-14-35-21(16)19)20(10-15-4-6-17(7-5-15)22(26)27)23-30-25(33)32(31-23)24-28-8-3-9-29-24;1-2(3)4/h3-9,11-12,20H,2,10,13-14H2,1H3,(H3,26,27)(H,30,31,33);1H3,(H,3,4). The van der Waals surface area contributed by atoms with Gasteiger partial charge in [0.25, 0.3) is 11.9 Å². The predicted molar refractivity (Wildman–Crippen MR) is 142 cm³/mol. The first kappa shape index (κ1) is 27.2. The molecule has 0 bridgehead atoms. The number of aromatic nitrogens is 5. The molecule has 0 aliphatic carbocycles. The lowest BCUT2D eigenvalue weighted by Crippen LogP contribution is -2.18. The van der Waals surface area contributed by atoms with Gasteiger partial charge in [-0.05, 0) is 41.7 Å². The third kappa shape index (κ3) is 6.54. The van der Waals surface area contributed by atoms with Crippen LogP contribution in [0.5, 0.6) is 5.75 Å². The number of hydrogen-bond donors (Lipinski definition) is 4. The molecule has 1 unspecified atom stereocenters. The number of ether oxygens (including phenoxy) is 2. The van der Waals surface area contributed by atoms with E-state index in [0.29, 0.717) is 24.4 Å². The molecule has 202 valence electrons. The molecular formula is C27H29N7O5. The molecule has 0 amide bonds. The van der Waals surface area contributed by atoms with Crippen LogP contribution in [0.3, 0.4) is 0 Å². The molecule has 0 saturated heterocycles. The summed E-state index contributed by atoms with van der Waals surface area (Å²) in [5, 5.41) is 19.6. The highest BCUT2D eigenvalue weighted by Crippen LogP contribution is 2.35. The number of carboxylic acid groups (broad SMARTS) is 1. The highest BCUT2D eigenvalue weighted by molar-refractivity contribution is 5.94. The lowest BCUT2D eigenvalue weighted by atomic mass is 9.88. The van der Waals surface area contributed by atoms with Crippen LogP contribution in [0.2, 0.25) is 0 Å². The van der Waals surface area contributed by atoms with Crippen molar-refractivity contribution in [3.63, 3.8) is 0 Å². The second kappa shape index (κ2) is 12.1. The molecule has 3 heterocycles. The molecule has 0 radical (unpaired) electrons. The number of benzene rings is 2. The molecule has 1 atom stereocenters. The molecule has 39 heavy (non-hydrogen) atoms. The second-order valence-corrected chi connectivity index (χ2v) is 8.79. The van der Waals surface area contributed by atoms with Gasteiger partial charge in [0.05, 0.1) is 6.61 Å². The summed E-state index contributed by atoms with van der Waals surface area (Å²) in [6, 6.07) is 13.3. The molecule has 0 spiro atoms. The molecule has 4 aromatic rings. The van der Waals surface area contributed by atoms with Crippen molar-refractivity contribution in [3.8, 4) is 11.7 Å². The van der Waals surface area contributed by atoms with Crippen LogP contribution in [0.1, 0.15) is 53.4 Å². The normalized spacial score (nSPS) is 12.9. The molecule has 12 heteroatoms. The molecule has 0 fully saturated rings. The Morgan fingerprint density at radius 2 is 1.92 bits per heavy atom. The van der Waals surface area contributed by atoms with Crippen molar-refractivity contribution in [1.82, 2.24) is 24.7 Å². The summed E-state index contributed by atoms with van der Waals surface area (Å²) < 4.78 is 12.5. The highest BCUT2D eigenvalue weighted by Gasteiger charge is 2.25. The maximum Gasteiger partial charge on any atom is 0.350 e. The van der Waals surface area contributed by atoms with Gasteiger partial charge in [0, 0.05) is 36.4 Å². The highest BCUT2D eigenvalue weighted by atomic mass is 16.7. The number of hydrogen-bond acceptors (Lipinski definition) is 8. The Morgan fingerprint density at radius 3 is 2.56 bits per heavy atom. The summed E-state index contributed by atoms with van der Waals surface area (Å²) in [4.78, 5) is 33.0. The van der Waals surface area contributed by atoms with E-state index < -0.39 is 11.7 Å². The van der Waals surface area contributed by atoms with Gasteiger partial charge in [-0.25, -0.2) is 14.8 Å². The molecule has 5 N–H and O–H groups in total. The van der Waals surface area contributed by atoms with Crippen molar-refractivity contribution >= 4 is 11.8 Å². The van der Waals surface area contributed by atoms with E-state index in [1.807, 2.05) is 24.3 Å². The van der Waals surface area contributed by atoms with Gasteiger partial charge in [-0.15, -0.1) is 9.78 Å². The van der Waals surface area contributed by atoms with Gasteiger partial charge >= 0.3 is 5.69 Å². The van der Waals surface area contributed by atoms with Crippen LogP contribution in [-0.4, -0.2) is 48.4 Å². The smallest absolute Gasteiger partial charge is 0.350 e. The molecule has 1 aliphatic heterocycles. The van der Waals surface area contributed by atoms with E-state index in [4.69, 9.17) is 30.5 Å². The van der Waals surface area contributed by atoms with Gasteiger partial charge in [0.1, 0.15) is 17.4 Å². The fourth-order valence-electron chi connectivity index (χ4n) is 4.25. The van der Waals surface area contributed by atoms with Crippen LogP contribution in [0.15, 0.2) is 59.7 Å². The minimum absolute atomic E-state index is 0.0151. The number of nitrogen functional groups attached to an aromatic ring is 1. The lowest BCUT2D eigenvalue weighted by Gasteiger charge is -2.24. The maximum absolute atomic E-state index is 12.8. The third-order valence-corrected chi connectivity index (χ3v) is 6.00. The largest absolute Gasteiger partial charge is 0.481 e. The van der Waals surface area contributed by atoms with Crippen LogP contribution >= 0.6 is 0 Å². The van der Waals surface area contributed by atoms with E-state index in [9.17, 15) is 4.79 Å². The second-order valence-electron chi connectivity index (χ2n) is 8.79. The molecule has 0 saturated carbocycles. The molecule has 5 rings (SSSR count). The quantitative estimate of drug-likeness (QED) is 0.206. The van der Waals surface area contributed by atoms with Gasteiger partial charge in [0.2, 0.25) is 0 Å². The SMILES string of the molecule is CC(=O)O.CCc1cc(C(Cc2ccc(C(=N)N)cc2)c2nn(-c3ncccn3)c(=O)[nH]2)cc2c1OCOC2. The number of aryl methyl sites for hydroxylation is 1. The number of rotatable bonds is 7. The van der Waals surface area contributed by atoms with E-state index in [1.165, 1.54) is 4.68 Å². The van der Waals surface area contributed by atoms with E-state index in [2.05, 4.69) is 39.1 Å². The molecule has 2 aromatic carbocycles. The van der Waals surface area contributed by atoms with Crippen LogP contribution in [-0.2, 0) is 29.0 Å². The predicted octanol–water partition coefficient (Wildman–Crippen LogP) is 2.53. The molecule has 1 aliphatic rings. The van der Waals surface area contributed by atoms with Crippen molar-refractivity contribution in [3.05, 3.63) is 99.0 Å². The zero-order valence-electron chi connectivity index (χ0n) is 21.5. The van der Waals surface area contributed by atoms with Gasteiger partial charge in [-0.3, -0.25) is 15.2 Å². The van der Waals surface area contributed by atoms with Gasteiger partial charge in [-0.2, -0.15) is 0 Å². The number of carbonyl (C=O) groups is 1. The first-order valence-electron chi connectivity index (χ1n) is 12.2. The lowest BCUT2D eigenvalue weighted by molar-refractivity contribution is -0.134. The first-order chi connectivity index (χ1) is 18.8. The summed E-state index contributed by atoms with van der Waals surface area (Å²) in [5.41, 5.74) is 9.89. The number of fused-ring (bicyclic) bond motifs is 1. The number of aliphatic carboxylic acids is 1. The Kier molecular flexibility index (Phi) is 8.46. The van der Waals surface area contributed by atoms with Crippen molar-refractivity contribution < 1.29 is 19.4 Å². The fraction of sp³-hybridized carbons (Fsp3) is 0.259. The van der Waals surface area contributed by atoms with Crippen LogP contribution < -0.4 is 16.2 Å². The molecular weight excluding hydrogens is 502 g/mol. The molecule has 12 nitrogen and oxygen atoms in total. The first-order valence-corrected chi connectivity index (χ1v) is 12.2. The number of nitrogens with two attached hydrogens (primary N) is 1. The summed E-state index contributed by atoms with van der Waals surface area (Å²) in [7, 11) is 0. The molecule has 2 aromatic heterocycles. The minimum atomic E-state index is -0.833. The van der Waals surface area contributed by atoms with E-state index >= 15 is 0 Å². The monoisotopic (exact) mass is 531 g/mol. The number of H-pyrrole nitrogens is 1. The Balaban J connectivity index is 0.000000826. The van der Waals surface area contributed by atoms with Crippen molar-refractivity contribution in [2.75, 3.05) is 6.79 Å².